The molecule has 1 saturated carbocycles. The van der Waals surface area contributed by atoms with E-state index < -0.39 is 5.60 Å². The van der Waals surface area contributed by atoms with E-state index in [2.05, 4.69) is 35.2 Å². The van der Waals surface area contributed by atoms with E-state index in [0.717, 1.165) is 69.2 Å². The Morgan fingerprint density at radius 1 is 1.28 bits per heavy atom. The molecule has 5 atom stereocenters. The van der Waals surface area contributed by atoms with E-state index in [0.29, 0.717) is 39.0 Å². The molecule has 1 spiro atoms. The fourth-order valence-electron chi connectivity index (χ4n) is 8.12. The largest absolute Gasteiger partial charge is 0.472 e. The first-order chi connectivity index (χ1) is 20.6. The molecule has 0 amide bonds. The summed E-state index contributed by atoms with van der Waals surface area (Å²) >= 11 is 1.65. The maximum atomic E-state index is 10.6. The van der Waals surface area contributed by atoms with Gasteiger partial charge in [-0.2, -0.15) is 15.3 Å². The maximum absolute atomic E-state index is 10.6. The van der Waals surface area contributed by atoms with Crippen LogP contribution >= 0.6 is 11.8 Å². The first-order valence-electron chi connectivity index (χ1n) is 15.5. The summed E-state index contributed by atoms with van der Waals surface area (Å²) in [4.78, 5) is 12.3. The van der Waals surface area contributed by atoms with Gasteiger partial charge in [-0.15, -0.1) is 11.8 Å². The van der Waals surface area contributed by atoms with E-state index in [1.807, 2.05) is 0 Å². The van der Waals surface area contributed by atoms with Crippen molar-refractivity contribution in [2.24, 2.45) is 11.7 Å². The fourth-order valence-corrected chi connectivity index (χ4v) is 9.56. The minimum atomic E-state index is -0.991. The molecule has 228 valence electrons. The number of aliphatic hydroxyl groups is 1. The Bertz CT molecular complexity index is 1630. The molecule has 7 rings (SSSR count). The Labute approximate surface area is 255 Å². The van der Waals surface area contributed by atoms with E-state index in [1.165, 1.54) is 0 Å². The van der Waals surface area contributed by atoms with Gasteiger partial charge in [0.1, 0.15) is 17.3 Å². The van der Waals surface area contributed by atoms with Crippen LogP contribution in [-0.4, -0.2) is 71.5 Å². The number of rotatable bonds is 6. The maximum Gasteiger partial charge on any atom is 0.228 e. The Morgan fingerprint density at radius 2 is 2.09 bits per heavy atom. The second-order valence-electron chi connectivity index (χ2n) is 13.5. The number of hydrogen-bond acceptors (Lipinski definition) is 11. The van der Waals surface area contributed by atoms with E-state index in [1.54, 1.807) is 36.5 Å². The first-order valence-corrected chi connectivity index (χ1v) is 16.4. The first kappa shape index (κ1) is 28.6. The number of hydrogen-bond donors (Lipinski definition) is 2. The van der Waals surface area contributed by atoms with Gasteiger partial charge in [0.2, 0.25) is 5.88 Å². The van der Waals surface area contributed by atoms with Gasteiger partial charge in [-0.25, -0.2) is 9.67 Å². The molecule has 43 heavy (non-hydrogen) atoms. The molecule has 2 aliphatic heterocycles. The minimum absolute atomic E-state index is 0.0239. The summed E-state index contributed by atoms with van der Waals surface area (Å²) in [7, 11) is 2.14. The van der Waals surface area contributed by atoms with Crippen LogP contribution in [-0.2, 0) is 18.4 Å². The molecule has 3 N–H and O–H groups in total. The predicted molar refractivity (Wildman–Crippen MR) is 163 cm³/mol. The van der Waals surface area contributed by atoms with Crippen LogP contribution in [0.5, 0.6) is 5.88 Å². The van der Waals surface area contributed by atoms with Crippen molar-refractivity contribution in [2.75, 3.05) is 13.6 Å². The van der Waals surface area contributed by atoms with Gasteiger partial charge in [0.05, 0.1) is 35.0 Å². The van der Waals surface area contributed by atoms with E-state index in [9.17, 15) is 10.4 Å². The smallest absolute Gasteiger partial charge is 0.228 e. The number of aromatic nitrogens is 5. The number of likely N-dealkylation sites (tertiary alicyclic amines) is 1. The molecule has 0 bridgehead atoms. The summed E-state index contributed by atoms with van der Waals surface area (Å²) in [5.74, 6) is 1.78. The quantitative estimate of drug-likeness (QED) is 0.414. The second kappa shape index (κ2) is 10.5. The number of thioether (sulfide) groups is 1. The van der Waals surface area contributed by atoms with E-state index in [-0.39, 0.29) is 35.3 Å². The van der Waals surface area contributed by atoms with Gasteiger partial charge in [0.25, 0.3) is 0 Å². The van der Waals surface area contributed by atoms with Crippen molar-refractivity contribution < 1.29 is 14.4 Å². The number of nitrogens with zero attached hydrogens (tertiary/aromatic N) is 7. The van der Waals surface area contributed by atoms with Crippen LogP contribution in [0.4, 0.5) is 0 Å². The van der Waals surface area contributed by atoms with Gasteiger partial charge < -0.3 is 20.1 Å². The van der Waals surface area contributed by atoms with Crippen LogP contribution < -0.4 is 10.5 Å². The highest BCUT2D eigenvalue weighted by Gasteiger charge is 2.56. The number of nitrogens with two attached hydrogens (primary N) is 1. The van der Waals surface area contributed by atoms with Crippen LogP contribution in [0.15, 0.2) is 21.3 Å². The molecular weight excluding hydrogens is 564 g/mol. The number of likely N-dealkylation sites (N-methyl/N-ethyl adjacent to an activating group) is 1. The number of fused-ring (bicyclic) bond motifs is 5. The standard InChI is InChI=1S/C31H40N8O3S/c1-17(21-9-7-13-38(21)4)41-29-20-15-34-39(16-30(2,3)40)28(20)35-27(36-29)24-18-8-5-11-31(25(18)42-37-24)12-6-10-22-23(31)19(14-32)26(33)43-22/h15,17,21-23,40H,5-13,16,33H2,1-4H3/t17-,21-,22?,23?,31-/m0/s1. The van der Waals surface area contributed by atoms with Crippen LogP contribution in [0.2, 0.25) is 0 Å². The average molecular weight is 605 g/mol. The molecule has 0 radical (unpaired) electrons. The topological polar surface area (TPSA) is 152 Å². The molecule has 11 nitrogen and oxygen atoms in total. The zero-order valence-electron chi connectivity index (χ0n) is 25.3. The highest BCUT2D eigenvalue weighted by Crippen LogP contribution is 2.60. The van der Waals surface area contributed by atoms with Crippen LogP contribution in [0, 0.1) is 17.2 Å². The molecule has 3 aromatic rings. The number of ether oxygens (including phenoxy) is 1. The third-order valence-corrected chi connectivity index (χ3v) is 11.3. The van der Waals surface area contributed by atoms with Crippen molar-refractivity contribution in [3.63, 3.8) is 0 Å². The van der Waals surface area contributed by atoms with Crippen LogP contribution in [0.3, 0.4) is 0 Å². The lowest BCUT2D eigenvalue weighted by molar-refractivity contribution is 0.0589. The monoisotopic (exact) mass is 604 g/mol. The highest BCUT2D eigenvalue weighted by molar-refractivity contribution is 8.03. The van der Waals surface area contributed by atoms with E-state index >= 15 is 0 Å². The molecule has 12 heteroatoms. The van der Waals surface area contributed by atoms with Crippen molar-refractivity contribution in [1.29, 1.82) is 5.26 Å². The highest BCUT2D eigenvalue weighted by atomic mass is 32.2. The molecular formula is C31H40N8O3S. The summed E-state index contributed by atoms with van der Waals surface area (Å²) in [5.41, 5.74) is 8.00. The van der Waals surface area contributed by atoms with Crippen molar-refractivity contribution >= 4 is 22.8 Å². The Kier molecular flexibility index (Phi) is 6.98. The molecule has 2 fully saturated rings. The summed E-state index contributed by atoms with van der Waals surface area (Å²) in [6, 6.07) is 2.73. The Morgan fingerprint density at radius 3 is 2.84 bits per heavy atom. The minimum Gasteiger partial charge on any atom is -0.472 e. The fraction of sp³-hybridized carbons (Fsp3) is 0.645. The van der Waals surface area contributed by atoms with Gasteiger partial charge >= 0.3 is 0 Å². The molecule has 0 aromatic carbocycles. The summed E-state index contributed by atoms with van der Waals surface area (Å²) < 4.78 is 14.6. The summed E-state index contributed by atoms with van der Waals surface area (Å²) in [6.45, 7) is 6.91. The predicted octanol–water partition coefficient (Wildman–Crippen LogP) is 4.30. The zero-order chi connectivity index (χ0) is 30.1. The number of allylic oxidation sites excluding steroid dienone is 1. The average Bonchev–Trinajstić information content (AvgIpc) is 3.74. The molecule has 1 saturated heterocycles. The van der Waals surface area contributed by atoms with Gasteiger partial charge in [-0.05, 0) is 79.3 Å². The van der Waals surface area contributed by atoms with Crippen LogP contribution in [0.1, 0.15) is 77.0 Å². The van der Waals surface area contributed by atoms with Gasteiger partial charge in [-0.3, -0.25) is 4.90 Å². The van der Waals surface area contributed by atoms with Gasteiger partial charge in [0, 0.05) is 28.2 Å². The SMILES string of the molecule is C[C@H](Oc1nc(-c2noc3c2CCC[C@@]32CCCC3SC(N)=C(C#N)C32)nc2c1cnn2CC(C)(C)O)[C@@H]1CCCN1C. The van der Waals surface area contributed by atoms with Gasteiger partial charge in [0.15, 0.2) is 17.2 Å². The molecule has 2 unspecified atom stereocenters. The van der Waals surface area contributed by atoms with Crippen molar-refractivity contribution in [3.8, 4) is 23.5 Å². The molecule has 2 aliphatic carbocycles. The van der Waals surface area contributed by atoms with Crippen molar-refractivity contribution in [3.05, 3.63) is 28.1 Å². The normalized spacial score (nSPS) is 28.3. The molecule has 4 aliphatic rings. The molecule has 5 heterocycles. The lowest BCUT2D eigenvalue weighted by Crippen LogP contribution is -2.45. The Hall–Kier alpha value is -3.14. The lowest BCUT2D eigenvalue weighted by Gasteiger charge is -2.46. The summed E-state index contributed by atoms with van der Waals surface area (Å²) in [6.07, 6.45) is 9.57. The van der Waals surface area contributed by atoms with Crippen molar-refractivity contribution in [1.82, 2.24) is 29.8 Å². The molecule has 3 aromatic heterocycles. The Balaban J connectivity index is 1.34. The second-order valence-corrected chi connectivity index (χ2v) is 14.8. The lowest BCUT2D eigenvalue weighted by atomic mass is 9.57. The number of nitriles is 1. The third kappa shape index (κ3) is 4.71. The van der Waals surface area contributed by atoms with Gasteiger partial charge in [-0.1, -0.05) is 11.6 Å². The summed E-state index contributed by atoms with van der Waals surface area (Å²) in [5, 5.41) is 31.5. The van der Waals surface area contributed by atoms with Crippen molar-refractivity contribution in [2.45, 2.75) is 107 Å². The third-order valence-electron chi connectivity index (χ3n) is 9.97. The van der Waals surface area contributed by atoms with E-state index in [4.69, 9.17) is 25.0 Å². The zero-order valence-corrected chi connectivity index (χ0v) is 26.2. The van der Waals surface area contributed by atoms with Crippen LogP contribution in [0.25, 0.3) is 22.6 Å².